The van der Waals surface area contributed by atoms with Gasteiger partial charge in [-0.2, -0.15) is 0 Å². The number of rotatable bonds is 17. The zero-order valence-corrected chi connectivity index (χ0v) is 31.9. The summed E-state index contributed by atoms with van der Waals surface area (Å²) in [5, 5.41) is 0. The molecule has 0 radical (unpaired) electrons. The van der Waals surface area contributed by atoms with Gasteiger partial charge < -0.3 is 14.4 Å². The molecule has 2 aliphatic heterocycles. The lowest BCUT2D eigenvalue weighted by molar-refractivity contribution is -0.145. The number of piperidine rings is 1. The molecule has 2 aromatic rings. The summed E-state index contributed by atoms with van der Waals surface area (Å²) in [6.45, 7) is 5.30. The number of benzene rings is 2. The van der Waals surface area contributed by atoms with Gasteiger partial charge in [0.2, 0.25) is 5.91 Å². The van der Waals surface area contributed by atoms with Crippen LogP contribution >= 0.6 is 0 Å². The highest BCUT2D eigenvalue weighted by molar-refractivity contribution is 5.78. The summed E-state index contributed by atoms with van der Waals surface area (Å²) in [6.07, 6.45) is 21.1. The minimum Gasteiger partial charge on any atom is -0.483 e. The first kappa shape index (κ1) is 37.1. The number of hydrogen-bond acceptors (Lipinski definition) is 6. The number of esters is 1. The number of likely N-dealkylation sites (tertiary alicyclic amines) is 1. The van der Waals surface area contributed by atoms with Crippen molar-refractivity contribution >= 4 is 17.7 Å². The van der Waals surface area contributed by atoms with Crippen molar-refractivity contribution in [2.24, 2.45) is 11.8 Å². The van der Waals surface area contributed by atoms with E-state index in [0.717, 1.165) is 57.4 Å². The van der Waals surface area contributed by atoms with E-state index in [2.05, 4.69) is 46.2 Å². The number of carbonyl (C=O) groups excluding carboxylic acids is 3. The number of unbranched alkanes of at least 4 members (excludes halogenated alkanes) is 7. The van der Waals surface area contributed by atoms with Gasteiger partial charge in [-0.1, -0.05) is 94.2 Å². The minimum absolute atomic E-state index is 0.00917. The standard InChI is InChI=1S/C45H62N2O5/c1-32(48)30-46-28-27-45-37-24-25-38(44(45)52-43-40(51-33(2)49)26-23-36(42(43)45)29-39(37)46)47(31-35-20-14-10-15-21-35)41(50)22-16-8-6-4-3-5-7-11-17-34-18-12-9-13-19-34/h9,12-13,18-19,23,26,35,37-39,44H,3-8,10-11,14-17,20-22,24-25,27-31H2,1-2H3/t37-,38+,39+,44-,45-/m0/s1. The Morgan fingerprint density at radius 3 is 2.33 bits per heavy atom. The maximum absolute atomic E-state index is 14.5. The van der Waals surface area contributed by atoms with E-state index in [4.69, 9.17) is 9.47 Å². The molecule has 1 amide bonds. The first-order valence-electron chi connectivity index (χ1n) is 20.9. The molecule has 2 heterocycles. The molecule has 0 unspecified atom stereocenters. The van der Waals surface area contributed by atoms with Gasteiger partial charge in [0.05, 0.1) is 12.6 Å². The third-order valence-corrected chi connectivity index (χ3v) is 13.4. The Balaban J connectivity index is 1.03. The van der Waals surface area contributed by atoms with Crippen LogP contribution in [0.3, 0.4) is 0 Å². The number of ether oxygens (including phenoxy) is 2. The number of aryl methyl sites for hydroxylation is 1. The summed E-state index contributed by atoms with van der Waals surface area (Å²) in [6, 6.07) is 15.1. The van der Waals surface area contributed by atoms with E-state index in [1.807, 2.05) is 6.07 Å². The summed E-state index contributed by atoms with van der Waals surface area (Å²) in [5.74, 6) is 2.30. The van der Waals surface area contributed by atoms with Crippen molar-refractivity contribution in [3.63, 3.8) is 0 Å². The van der Waals surface area contributed by atoms with Crippen LogP contribution in [-0.2, 0) is 32.6 Å². The Morgan fingerprint density at radius 2 is 1.60 bits per heavy atom. The fraction of sp³-hybridized carbons (Fsp3) is 0.667. The lowest BCUT2D eigenvalue weighted by atomic mass is 9.51. The summed E-state index contributed by atoms with van der Waals surface area (Å²) in [4.78, 5) is 43.8. The Bertz CT molecular complexity index is 1550. The van der Waals surface area contributed by atoms with Gasteiger partial charge in [0.15, 0.2) is 11.5 Å². The van der Waals surface area contributed by atoms with Crippen LogP contribution in [0, 0.1) is 11.8 Å². The number of Topliss-reactive ketones (excluding diaryl/α,β-unsaturated/α-hetero) is 1. The first-order valence-corrected chi connectivity index (χ1v) is 20.9. The molecular formula is C45H62N2O5. The minimum atomic E-state index is -0.345. The highest BCUT2D eigenvalue weighted by Crippen LogP contribution is 2.64. The highest BCUT2D eigenvalue weighted by Gasteiger charge is 2.66. The Labute approximate surface area is 312 Å². The molecule has 5 aliphatic rings. The molecule has 7 nitrogen and oxygen atoms in total. The molecule has 1 spiro atoms. The van der Waals surface area contributed by atoms with Crippen LogP contribution in [0.4, 0.5) is 0 Å². The average Bonchev–Trinajstić information content (AvgIpc) is 3.49. The Morgan fingerprint density at radius 1 is 0.865 bits per heavy atom. The van der Waals surface area contributed by atoms with Gasteiger partial charge in [0.25, 0.3) is 0 Å². The molecular weight excluding hydrogens is 649 g/mol. The van der Waals surface area contributed by atoms with E-state index in [-0.39, 0.29) is 35.4 Å². The fourth-order valence-corrected chi connectivity index (χ4v) is 11.1. The second-order valence-electron chi connectivity index (χ2n) is 16.9. The molecule has 1 saturated heterocycles. The smallest absolute Gasteiger partial charge is 0.308 e. The zero-order valence-electron chi connectivity index (χ0n) is 31.9. The molecule has 2 saturated carbocycles. The summed E-state index contributed by atoms with van der Waals surface area (Å²) in [5.41, 5.74) is 3.68. The Hall–Kier alpha value is -3.19. The predicted octanol–water partition coefficient (Wildman–Crippen LogP) is 8.77. The average molecular weight is 711 g/mol. The number of carbonyl (C=O) groups is 3. The molecule has 3 aliphatic carbocycles. The molecule has 3 fully saturated rings. The number of amides is 1. The second kappa shape index (κ2) is 16.9. The number of hydrogen-bond donors (Lipinski definition) is 0. The van der Waals surface area contributed by atoms with Gasteiger partial charge in [-0.05, 0) is 100 Å². The normalized spacial score (nSPS) is 26.3. The van der Waals surface area contributed by atoms with Crippen LogP contribution in [0.15, 0.2) is 42.5 Å². The molecule has 2 bridgehead atoms. The monoisotopic (exact) mass is 710 g/mol. The first-order chi connectivity index (χ1) is 25.3. The van der Waals surface area contributed by atoms with Crippen LogP contribution in [-0.4, -0.2) is 65.3 Å². The third-order valence-electron chi connectivity index (χ3n) is 13.4. The Kier molecular flexibility index (Phi) is 12.0. The summed E-state index contributed by atoms with van der Waals surface area (Å²) >= 11 is 0. The van der Waals surface area contributed by atoms with E-state index in [1.54, 1.807) is 6.92 Å². The van der Waals surface area contributed by atoms with Crippen LogP contribution < -0.4 is 9.47 Å². The highest BCUT2D eigenvalue weighted by atomic mass is 16.6. The van der Waals surface area contributed by atoms with Gasteiger partial charge in [0.1, 0.15) is 11.9 Å². The van der Waals surface area contributed by atoms with Gasteiger partial charge in [-0.3, -0.25) is 19.3 Å². The van der Waals surface area contributed by atoms with Gasteiger partial charge in [0, 0.05) is 36.9 Å². The topological polar surface area (TPSA) is 76.2 Å². The SMILES string of the molecule is CC(=O)CN1CC[C@]23c4c5ccc(OC(C)=O)c4O[C@H]2[C@H](N(CC2CCCCC2)C(=O)CCCCCCCCCCc2ccccc2)CC[C@H]3[C@H]1C5. The van der Waals surface area contributed by atoms with E-state index < -0.39 is 0 Å². The quantitative estimate of drug-likeness (QED) is 0.0929. The molecule has 282 valence electrons. The van der Waals surface area contributed by atoms with Crippen LogP contribution in [0.5, 0.6) is 11.5 Å². The van der Waals surface area contributed by atoms with Crippen molar-refractivity contribution in [1.29, 1.82) is 0 Å². The van der Waals surface area contributed by atoms with Crippen molar-refractivity contribution in [3.8, 4) is 11.5 Å². The number of ketones is 1. The molecule has 0 aromatic heterocycles. The van der Waals surface area contributed by atoms with E-state index in [1.165, 1.54) is 101 Å². The van der Waals surface area contributed by atoms with E-state index >= 15 is 0 Å². The van der Waals surface area contributed by atoms with Crippen molar-refractivity contribution in [3.05, 3.63) is 59.2 Å². The molecule has 2 aromatic carbocycles. The summed E-state index contributed by atoms with van der Waals surface area (Å²) < 4.78 is 12.9. The van der Waals surface area contributed by atoms with Gasteiger partial charge in [-0.15, -0.1) is 0 Å². The van der Waals surface area contributed by atoms with Crippen LogP contribution in [0.2, 0.25) is 0 Å². The lowest BCUT2D eigenvalue weighted by Crippen LogP contribution is -2.69. The molecule has 52 heavy (non-hydrogen) atoms. The van der Waals surface area contributed by atoms with Gasteiger partial charge >= 0.3 is 5.97 Å². The molecule has 5 atom stereocenters. The third kappa shape index (κ3) is 7.86. The summed E-state index contributed by atoms with van der Waals surface area (Å²) in [7, 11) is 0. The second-order valence-corrected chi connectivity index (χ2v) is 16.9. The van der Waals surface area contributed by atoms with Crippen molar-refractivity contribution in [1.82, 2.24) is 9.80 Å². The molecule has 0 N–H and O–H groups in total. The van der Waals surface area contributed by atoms with Crippen molar-refractivity contribution in [2.75, 3.05) is 19.6 Å². The fourth-order valence-electron chi connectivity index (χ4n) is 11.1. The van der Waals surface area contributed by atoms with Crippen LogP contribution in [0.25, 0.3) is 0 Å². The molecule has 7 heteroatoms. The lowest BCUT2D eigenvalue weighted by Gasteiger charge is -2.60. The predicted molar refractivity (Wildman–Crippen MR) is 205 cm³/mol. The maximum atomic E-state index is 14.5. The zero-order chi connectivity index (χ0) is 36.1. The van der Waals surface area contributed by atoms with Crippen LogP contribution in [0.1, 0.15) is 140 Å². The van der Waals surface area contributed by atoms with Crippen molar-refractivity contribution < 1.29 is 23.9 Å². The largest absolute Gasteiger partial charge is 0.483 e. The molecule has 7 rings (SSSR count). The van der Waals surface area contributed by atoms with E-state index in [0.29, 0.717) is 36.5 Å². The number of nitrogens with zero attached hydrogens (tertiary/aromatic N) is 2. The van der Waals surface area contributed by atoms with E-state index in [9.17, 15) is 14.4 Å². The van der Waals surface area contributed by atoms with Gasteiger partial charge in [-0.25, -0.2) is 0 Å². The van der Waals surface area contributed by atoms with Crippen molar-refractivity contribution in [2.45, 2.75) is 159 Å². The maximum Gasteiger partial charge on any atom is 0.308 e.